The van der Waals surface area contributed by atoms with E-state index in [2.05, 4.69) is 20.2 Å². The van der Waals surface area contributed by atoms with Crippen LogP contribution in [0.5, 0.6) is 0 Å². The second kappa shape index (κ2) is 7.05. The smallest absolute Gasteiger partial charge is 0.242 e. The zero-order valence-electron chi connectivity index (χ0n) is 14.0. The third kappa shape index (κ3) is 3.21. The van der Waals surface area contributed by atoms with E-state index in [4.69, 9.17) is 0 Å². The maximum Gasteiger partial charge on any atom is 0.242 e. The van der Waals surface area contributed by atoms with Crippen molar-refractivity contribution < 1.29 is 9.18 Å². The summed E-state index contributed by atoms with van der Waals surface area (Å²) in [5, 5.41) is 2.90. The predicted octanol–water partition coefficient (Wildman–Crippen LogP) is 2.08. The molecule has 0 spiro atoms. The van der Waals surface area contributed by atoms with Crippen molar-refractivity contribution in [3.05, 3.63) is 78.1 Å². The first-order chi connectivity index (χ1) is 12.7. The summed E-state index contributed by atoms with van der Waals surface area (Å²) < 4.78 is 15.2. The Kier molecular flexibility index (Phi) is 4.45. The molecule has 0 saturated carbocycles. The normalized spacial score (nSPS) is 17.9. The Morgan fingerprint density at radius 2 is 1.88 bits per heavy atom. The fourth-order valence-electron chi connectivity index (χ4n) is 3.26. The number of amides is 1. The molecule has 3 heterocycles. The van der Waals surface area contributed by atoms with Crippen LogP contribution in [-0.4, -0.2) is 38.4 Å². The SMILES string of the molecule is O=C1NCCN(Cc2cccn2-c2ncccn2)[C@H]1c1ccc(F)cc1. The van der Waals surface area contributed by atoms with Gasteiger partial charge in [-0.15, -0.1) is 0 Å². The van der Waals surface area contributed by atoms with Gasteiger partial charge in [0.1, 0.15) is 11.9 Å². The fraction of sp³-hybridized carbons (Fsp3) is 0.211. The lowest BCUT2D eigenvalue weighted by Crippen LogP contribution is -2.49. The number of carbonyl (C=O) groups is 1. The summed E-state index contributed by atoms with van der Waals surface area (Å²) in [4.78, 5) is 23.2. The van der Waals surface area contributed by atoms with Gasteiger partial charge in [0.2, 0.25) is 11.9 Å². The number of rotatable bonds is 4. The van der Waals surface area contributed by atoms with Crippen LogP contribution in [0.15, 0.2) is 61.1 Å². The lowest BCUT2D eigenvalue weighted by molar-refractivity contribution is -0.129. The molecule has 1 atom stereocenters. The van der Waals surface area contributed by atoms with Crippen molar-refractivity contribution in [3.63, 3.8) is 0 Å². The van der Waals surface area contributed by atoms with Crippen LogP contribution >= 0.6 is 0 Å². The van der Waals surface area contributed by atoms with E-state index in [0.29, 0.717) is 25.6 Å². The van der Waals surface area contributed by atoms with E-state index in [9.17, 15) is 9.18 Å². The van der Waals surface area contributed by atoms with E-state index in [1.165, 1.54) is 12.1 Å². The van der Waals surface area contributed by atoms with Gasteiger partial charge in [0.05, 0.1) is 0 Å². The summed E-state index contributed by atoms with van der Waals surface area (Å²) in [6.45, 7) is 1.84. The van der Waals surface area contributed by atoms with Crippen molar-refractivity contribution in [2.45, 2.75) is 12.6 Å². The number of carbonyl (C=O) groups excluding carboxylic acids is 1. The highest BCUT2D eigenvalue weighted by atomic mass is 19.1. The minimum absolute atomic E-state index is 0.0723. The number of nitrogens with one attached hydrogen (secondary N) is 1. The molecule has 26 heavy (non-hydrogen) atoms. The van der Waals surface area contributed by atoms with Crippen LogP contribution in [0.3, 0.4) is 0 Å². The number of nitrogens with zero attached hydrogens (tertiary/aromatic N) is 4. The molecule has 0 radical (unpaired) electrons. The summed E-state index contributed by atoms with van der Waals surface area (Å²) in [5.74, 6) is 0.204. The fourth-order valence-corrected chi connectivity index (χ4v) is 3.26. The van der Waals surface area contributed by atoms with Gasteiger partial charge in [-0.2, -0.15) is 0 Å². The number of piperazine rings is 1. The quantitative estimate of drug-likeness (QED) is 0.782. The first-order valence-electron chi connectivity index (χ1n) is 8.43. The number of halogens is 1. The van der Waals surface area contributed by atoms with Crippen LogP contribution in [0.1, 0.15) is 17.3 Å². The molecule has 132 valence electrons. The van der Waals surface area contributed by atoms with Gasteiger partial charge in [0.15, 0.2) is 0 Å². The highest BCUT2D eigenvalue weighted by molar-refractivity contribution is 5.83. The van der Waals surface area contributed by atoms with Crippen molar-refractivity contribution >= 4 is 5.91 Å². The molecule has 7 heteroatoms. The van der Waals surface area contributed by atoms with Gasteiger partial charge in [0, 0.05) is 43.9 Å². The third-order valence-corrected chi connectivity index (χ3v) is 4.46. The zero-order chi connectivity index (χ0) is 17.9. The number of hydrogen-bond donors (Lipinski definition) is 1. The highest BCUT2D eigenvalue weighted by Crippen LogP contribution is 2.26. The van der Waals surface area contributed by atoms with E-state index in [1.807, 2.05) is 22.9 Å². The van der Waals surface area contributed by atoms with E-state index in [-0.39, 0.29) is 11.7 Å². The molecule has 1 aliphatic rings. The van der Waals surface area contributed by atoms with Crippen LogP contribution in [0.2, 0.25) is 0 Å². The topological polar surface area (TPSA) is 63.1 Å². The van der Waals surface area contributed by atoms with Gasteiger partial charge in [-0.05, 0) is 35.9 Å². The molecule has 2 aromatic heterocycles. The molecule has 0 bridgehead atoms. The summed E-state index contributed by atoms with van der Waals surface area (Å²) in [6.07, 6.45) is 5.30. The highest BCUT2D eigenvalue weighted by Gasteiger charge is 2.31. The molecule has 1 aliphatic heterocycles. The first-order valence-corrected chi connectivity index (χ1v) is 8.43. The van der Waals surface area contributed by atoms with Crippen LogP contribution < -0.4 is 5.32 Å². The molecule has 0 unspecified atom stereocenters. The van der Waals surface area contributed by atoms with Gasteiger partial charge in [0.25, 0.3) is 0 Å². The Labute approximate surface area is 150 Å². The van der Waals surface area contributed by atoms with Crippen LogP contribution in [0, 0.1) is 5.82 Å². The Hall–Kier alpha value is -3.06. The minimum Gasteiger partial charge on any atom is -0.353 e. The second-order valence-corrected chi connectivity index (χ2v) is 6.13. The van der Waals surface area contributed by atoms with Gasteiger partial charge in [-0.3, -0.25) is 14.3 Å². The number of aromatic nitrogens is 3. The summed E-state index contributed by atoms with van der Waals surface area (Å²) in [5.41, 5.74) is 1.76. The molecular formula is C19H18FN5O. The average molecular weight is 351 g/mol. The van der Waals surface area contributed by atoms with Gasteiger partial charge < -0.3 is 5.32 Å². The molecule has 4 rings (SSSR count). The lowest BCUT2D eigenvalue weighted by Gasteiger charge is -2.35. The lowest BCUT2D eigenvalue weighted by atomic mass is 10.0. The molecule has 6 nitrogen and oxygen atoms in total. The standard InChI is InChI=1S/C19H18FN5O/c20-15-6-4-14(5-7-15)17-18(26)21-10-12-24(17)13-16-3-1-11-25(16)19-22-8-2-9-23-19/h1-9,11,17H,10,12-13H2,(H,21,26)/t17-/m0/s1. The Bertz CT molecular complexity index is 894. The van der Waals surface area contributed by atoms with E-state index >= 15 is 0 Å². The van der Waals surface area contributed by atoms with Crippen molar-refractivity contribution in [1.82, 2.24) is 24.8 Å². The summed E-state index contributed by atoms with van der Waals surface area (Å²) >= 11 is 0. The molecule has 1 N–H and O–H groups in total. The molecule has 1 saturated heterocycles. The molecule has 1 fully saturated rings. The molecule has 1 amide bonds. The Morgan fingerprint density at radius 3 is 2.65 bits per heavy atom. The van der Waals surface area contributed by atoms with Gasteiger partial charge in [-0.1, -0.05) is 12.1 Å². The third-order valence-electron chi connectivity index (χ3n) is 4.46. The second-order valence-electron chi connectivity index (χ2n) is 6.13. The van der Waals surface area contributed by atoms with E-state index < -0.39 is 6.04 Å². The molecular weight excluding hydrogens is 333 g/mol. The van der Waals surface area contributed by atoms with Crippen molar-refractivity contribution in [2.75, 3.05) is 13.1 Å². The van der Waals surface area contributed by atoms with E-state index in [1.54, 1.807) is 30.6 Å². The molecule has 3 aromatic rings. The van der Waals surface area contributed by atoms with Crippen molar-refractivity contribution in [3.8, 4) is 5.95 Å². The monoisotopic (exact) mass is 351 g/mol. The molecule has 0 aliphatic carbocycles. The average Bonchev–Trinajstić information content (AvgIpc) is 3.12. The van der Waals surface area contributed by atoms with Crippen LogP contribution in [0.4, 0.5) is 4.39 Å². The van der Waals surface area contributed by atoms with Crippen LogP contribution in [0.25, 0.3) is 5.95 Å². The zero-order valence-corrected chi connectivity index (χ0v) is 14.0. The minimum atomic E-state index is -0.454. The Morgan fingerprint density at radius 1 is 1.12 bits per heavy atom. The molecule has 1 aromatic carbocycles. The van der Waals surface area contributed by atoms with Gasteiger partial charge >= 0.3 is 0 Å². The largest absolute Gasteiger partial charge is 0.353 e. The maximum atomic E-state index is 13.3. The van der Waals surface area contributed by atoms with E-state index in [0.717, 1.165) is 11.3 Å². The number of hydrogen-bond acceptors (Lipinski definition) is 4. The van der Waals surface area contributed by atoms with Crippen molar-refractivity contribution in [2.24, 2.45) is 0 Å². The predicted molar refractivity (Wildman–Crippen MR) is 93.9 cm³/mol. The first kappa shape index (κ1) is 16.4. The number of benzene rings is 1. The summed E-state index contributed by atoms with van der Waals surface area (Å²) in [7, 11) is 0. The Balaban J connectivity index is 1.63. The summed E-state index contributed by atoms with van der Waals surface area (Å²) in [6, 6.07) is 11.3. The van der Waals surface area contributed by atoms with Gasteiger partial charge in [-0.25, -0.2) is 14.4 Å². The maximum absolute atomic E-state index is 13.3. The van der Waals surface area contributed by atoms with Crippen LogP contribution in [-0.2, 0) is 11.3 Å². The van der Waals surface area contributed by atoms with Crippen molar-refractivity contribution in [1.29, 1.82) is 0 Å².